The molecule has 0 aliphatic carbocycles. The normalized spacial score (nSPS) is 9.33. The minimum absolute atomic E-state index is 0. The van der Waals surface area contributed by atoms with Crippen LogP contribution < -0.4 is 0 Å². The summed E-state index contributed by atoms with van der Waals surface area (Å²) in [7, 11) is 0. The Morgan fingerprint density at radius 3 is 0.815 bits per heavy atom. The molecule has 0 aromatic rings. The van der Waals surface area contributed by atoms with Gasteiger partial charge in [0.25, 0.3) is 0 Å². The summed E-state index contributed by atoms with van der Waals surface area (Å²) in [5, 5.41) is 0. The number of unbranched alkanes of at least 4 members (excludes halogenated alkanes) is 10. The van der Waals surface area contributed by atoms with Crippen molar-refractivity contribution in [3.63, 3.8) is 0 Å². The van der Waals surface area contributed by atoms with E-state index < -0.39 is 0 Å². The van der Waals surface area contributed by atoms with E-state index in [9.17, 15) is 0 Å². The maximum Gasteiger partial charge on any atom is 2.00 e. The van der Waals surface area contributed by atoms with Crippen LogP contribution in [0.2, 0.25) is 0 Å². The zero-order valence-electron chi connectivity index (χ0n) is 20.2. The second kappa shape index (κ2) is 41.8. The topological polar surface area (TPSA) is 0 Å². The minimum atomic E-state index is 0. The molecule has 0 fully saturated rings. The molecule has 4 radical (unpaired) electrons. The van der Waals surface area contributed by atoms with Crippen molar-refractivity contribution in [1.82, 2.24) is 0 Å². The van der Waals surface area contributed by atoms with Crippen molar-refractivity contribution in [2.75, 3.05) is 11.5 Å². The van der Waals surface area contributed by atoms with E-state index in [4.69, 9.17) is 25.3 Å². The summed E-state index contributed by atoms with van der Waals surface area (Å²) in [5.74, 6) is 4.73. The minimum Gasteiger partial charge on any atom is -0.793 e. The molecule has 0 saturated heterocycles. The third kappa shape index (κ3) is 98.1. The van der Waals surface area contributed by atoms with Gasteiger partial charge in [0.05, 0.1) is 0 Å². The fourth-order valence-corrected chi connectivity index (χ4v) is 2.17. The summed E-state index contributed by atoms with van der Waals surface area (Å²) in [5.41, 5.74) is 0. The van der Waals surface area contributed by atoms with Crippen LogP contribution in [0.4, 0.5) is 0 Å². The Kier molecular flexibility index (Phi) is 60.4. The van der Waals surface area contributed by atoms with E-state index in [1.165, 1.54) is 88.9 Å². The van der Waals surface area contributed by atoms with Crippen LogP contribution in [0, 0.1) is 11.8 Å². The van der Waals surface area contributed by atoms with Gasteiger partial charge in [0.1, 0.15) is 0 Å². The van der Waals surface area contributed by atoms with Crippen molar-refractivity contribution in [2.45, 2.75) is 132 Å². The Balaban J connectivity index is -0.0000000843. The van der Waals surface area contributed by atoms with E-state index in [-0.39, 0.29) is 23.9 Å². The summed E-state index contributed by atoms with van der Waals surface area (Å²) >= 11 is 9.66. The first-order valence-corrected chi connectivity index (χ1v) is 12.1. The second-order valence-corrected chi connectivity index (χ2v) is 8.76. The first kappa shape index (κ1) is 39.0. The summed E-state index contributed by atoms with van der Waals surface area (Å²) in [6.45, 7) is 17.0. The van der Waals surface area contributed by atoms with E-state index in [2.05, 4.69) is 55.4 Å². The number of hydrogen-bond donors (Lipinski definition) is 0. The fraction of sp³-hybridized carbons (Fsp3) is 0.917. The van der Waals surface area contributed by atoms with Gasteiger partial charge in [0, 0.05) is 0 Å². The Morgan fingerprint density at radius 2 is 0.630 bits per heavy atom. The van der Waals surface area contributed by atoms with Crippen LogP contribution in [-0.4, -0.2) is 35.4 Å². The second-order valence-electron chi connectivity index (χ2n) is 7.94. The SMILES string of the molecule is CCCCCCCC[S-].CCCCCCCC[S-].C[C](C)C.C[C](C)C.[Sn+2]. The molecule has 0 bridgehead atoms. The molecule has 0 atom stereocenters. The summed E-state index contributed by atoms with van der Waals surface area (Å²) in [6.07, 6.45) is 16.3. The molecule has 0 spiro atoms. The number of rotatable bonds is 12. The number of hydrogen-bond acceptors (Lipinski definition) is 2. The zero-order valence-corrected chi connectivity index (χ0v) is 24.7. The van der Waals surface area contributed by atoms with Gasteiger partial charge in [-0.2, -0.15) is 11.5 Å². The molecule has 0 nitrogen and oxygen atoms in total. The van der Waals surface area contributed by atoms with E-state index in [0.29, 0.717) is 0 Å². The average molecular weight is 524 g/mol. The first-order chi connectivity index (χ1) is 12.3. The van der Waals surface area contributed by atoms with Crippen LogP contribution in [0.3, 0.4) is 0 Å². The summed E-state index contributed by atoms with van der Waals surface area (Å²) in [4.78, 5) is 0. The standard InChI is InChI=1S/2C8H18S.2C4H9.Sn/c2*1-2-3-4-5-6-7-8-9;2*1-4(2)3;/h2*9H,2-8H2,1H3;2*1-3H3;/q;;;;+2/p-2. The molecule has 0 aromatic carbocycles. The molecular formula is C24H52S2Sn. The Morgan fingerprint density at radius 1 is 0.444 bits per heavy atom. The maximum absolute atomic E-state index is 4.83. The van der Waals surface area contributed by atoms with Crippen LogP contribution in [0.25, 0.3) is 0 Å². The predicted molar refractivity (Wildman–Crippen MR) is 138 cm³/mol. The van der Waals surface area contributed by atoms with Crippen LogP contribution in [0.5, 0.6) is 0 Å². The van der Waals surface area contributed by atoms with E-state index in [1.54, 1.807) is 0 Å². The zero-order chi connectivity index (χ0) is 21.1. The molecule has 27 heavy (non-hydrogen) atoms. The van der Waals surface area contributed by atoms with Crippen LogP contribution in [0.15, 0.2) is 0 Å². The van der Waals surface area contributed by atoms with Crippen LogP contribution in [0.1, 0.15) is 132 Å². The molecule has 0 heterocycles. The molecule has 164 valence electrons. The van der Waals surface area contributed by atoms with Gasteiger partial charge in [0.2, 0.25) is 0 Å². The first-order valence-electron chi connectivity index (χ1n) is 11.0. The molecule has 3 heteroatoms. The van der Waals surface area contributed by atoms with E-state index in [0.717, 1.165) is 11.5 Å². The molecular weight excluding hydrogens is 471 g/mol. The molecule has 0 aliphatic heterocycles. The molecule has 0 amide bonds. The van der Waals surface area contributed by atoms with Gasteiger partial charge in [-0.15, -0.1) is 0 Å². The van der Waals surface area contributed by atoms with E-state index in [1.807, 2.05) is 0 Å². The Bertz CT molecular complexity index is 148. The largest absolute Gasteiger partial charge is 2.00 e. The Labute approximate surface area is 204 Å². The van der Waals surface area contributed by atoms with Crippen molar-refractivity contribution in [3.05, 3.63) is 11.8 Å². The Hall–Kier alpha value is 1.50. The smallest absolute Gasteiger partial charge is 0.793 e. The van der Waals surface area contributed by atoms with Crippen molar-refractivity contribution in [3.8, 4) is 0 Å². The van der Waals surface area contributed by atoms with Crippen molar-refractivity contribution >= 4 is 49.2 Å². The fourth-order valence-electron chi connectivity index (χ4n) is 1.76. The molecule has 0 aromatic heterocycles. The summed E-state index contributed by atoms with van der Waals surface area (Å²) < 4.78 is 0. The van der Waals surface area contributed by atoms with Gasteiger partial charge in [-0.1, -0.05) is 132 Å². The van der Waals surface area contributed by atoms with Gasteiger partial charge in [-0.25, -0.2) is 0 Å². The molecule has 0 aliphatic rings. The van der Waals surface area contributed by atoms with Gasteiger partial charge in [-0.05, 0) is 11.8 Å². The quantitative estimate of drug-likeness (QED) is 0.143. The van der Waals surface area contributed by atoms with Crippen LogP contribution >= 0.6 is 0 Å². The molecule has 0 saturated carbocycles. The van der Waals surface area contributed by atoms with Crippen LogP contribution in [-0.2, 0) is 25.3 Å². The van der Waals surface area contributed by atoms with Crippen molar-refractivity contribution in [2.24, 2.45) is 0 Å². The van der Waals surface area contributed by atoms with Gasteiger partial charge >= 0.3 is 23.9 Å². The van der Waals surface area contributed by atoms with Gasteiger partial charge in [-0.3, -0.25) is 0 Å². The molecule has 0 rings (SSSR count). The van der Waals surface area contributed by atoms with Crippen molar-refractivity contribution in [1.29, 1.82) is 0 Å². The van der Waals surface area contributed by atoms with Crippen molar-refractivity contribution < 1.29 is 0 Å². The maximum atomic E-state index is 4.83. The molecule has 0 unspecified atom stereocenters. The average Bonchev–Trinajstić information content (AvgIpc) is 2.54. The predicted octanol–water partition coefficient (Wildman–Crippen LogP) is 8.65. The van der Waals surface area contributed by atoms with Gasteiger partial charge < -0.3 is 25.3 Å². The molecule has 0 N–H and O–H groups in total. The van der Waals surface area contributed by atoms with E-state index >= 15 is 0 Å². The summed E-state index contributed by atoms with van der Waals surface area (Å²) in [6, 6.07) is 0. The monoisotopic (exact) mass is 524 g/mol. The third-order valence-corrected chi connectivity index (χ3v) is 3.57. The third-order valence-electron chi connectivity index (χ3n) is 3.00. The van der Waals surface area contributed by atoms with Gasteiger partial charge in [0.15, 0.2) is 0 Å².